The van der Waals surface area contributed by atoms with Gasteiger partial charge >= 0.3 is 6.09 Å². The summed E-state index contributed by atoms with van der Waals surface area (Å²) < 4.78 is 10.6. The second kappa shape index (κ2) is 10.5. The number of benzene rings is 3. The van der Waals surface area contributed by atoms with Crippen molar-refractivity contribution in [3.63, 3.8) is 0 Å². The van der Waals surface area contributed by atoms with Crippen LogP contribution in [0.25, 0.3) is 11.1 Å². The highest BCUT2D eigenvalue weighted by atomic mass is 16.6. The summed E-state index contributed by atoms with van der Waals surface area (Å²) in [7, 11) is 0. The predicted molar refractivity (Wildman–Crippen MR) is 124 cm³/mol. The topological polar surface area (TPSA) is 86.2 Å². The zero-order chi connectivity index (χ0) is 23.0. The van der Waals surface area contributed by atoms with Crippen LogP contribution in [0.1, 0.15) is 18.1 Å². The Morgan fingerprint density at radius 3 is 2.27 bits per heavy atom. The molecule has 0 spiro atoms. The fraction of sp³-hybridized carbons (Fsp3) is 0.192. The van der Waals surface area contributed by atoms with E-state index in [1.807, 2.05) is 49.4 Å². The minimum atomic E-state index is -0.784. The van der Waals surface area contributed by atoms with E-state index >= 15 is 0 Å². The van der Waals surface area contributed by atoms with Gasteiger partial charge in [0.1, 0.15) is 12.4 Å². The smallest absolute Gasteiger partial charge is 0.414 e. The SMILES string of the molecule is CC(=NOCCOc1ccc(CC2OC(=O)NC2=O)cc1)c1ccc(-c2ccccc2)cc1. The molecule has 0 aliphatic carbocycles. The lowest BCUT2D eigenvalue weighted by Gasteiger charge is -2.09. The lowest BCUT2D eigenvalue weighted by molar-refractivity contribution is -0.123. The molecule has 0 aromatic heterocycles. The first-order chi connectivity index (χ1) is 16.1. The van der Waals surface area contributed by atoms with Gasteiger partial charge in [-0.3, -0.25) is 10.1 Å². The van der Waals surface area contributed by atoms with Crippen molar-refractivity contribution in [1.82, 2.24) is 5.32 Å². The number of amides is 2. The van der Waals surface area contributed by atoms with E-state index in [0.29, 0.717) is 25.4 Å². The van der Waals surface area contributed by atoms with E-state index in [2.05, 4.69) is 34.7 Å². The quantitative estimate of drug-likeness (QED) is 0.301. The maximum Gasteiger partial charge on any atom is 0.414 e. The summed E-state index contributed by atoms with van der Waals surface area (Å²) in [6, 6.07) is 25.7. The molecule has 4 rings (SSSR count). The Bertz CT molecular complexity index is 1130. The highest BCUT2D eigenvalue weighted by Crippen LogP contribution is 2.20. The molecule has 1 heterocycles. The Kier molecular flexibility index (Phi) is 6.99. The first-order valence-electron chi connectivity index (χ1n) is 10.6. The van der Waals surface area contributed by atoms with Gasteiger partial charge in [-0.25, -0.2) is 4.79 Å². The Balaban J connectivity index is 1.20. The van der Waals surface area contributed by atoms with E-state index < -0.39 is 18.1 Å². The molecule has 2 amide bonds. The van der Waals surface area contributed by atoms with Crippen molar-refractivity contribution in [2.24, 2.45) is 5.16 Å². The van der Waals surface area contributed by atoms with Crippen LogP contribution in [0.3, 0.4) is 0 Å². The number of hydrogen-bond acceptors (Lipinski definition) is 6. The lowest BCUT2D eigenvalue weighted by Crippen LogP contribution is -2.25. The molecule has 168 valence electrons. The molecule has 1 atom stereocenters. The van der Waals surface area contributed by atoms with Gasteiger partial charge < -0.3 is 14.3 Å². The fourth-order valence-electron chi connectivity index (χ4n) is 3.39. The number of carbonyl (C=O) groups is 2. The summed E-state index contributed by atoms with van der Waals surface area (Å²) in [5.41, 5.74) is 4.97. The zero-order valence-electron chi connectivity index (χ0n) is 18.2. The van der Waals surface area contributed by atoms with Gasteiger partial charge in [-0.05, 0) is 41.3 Å². The second-order valence-corrected chi connectivity index (χ2v) is 7.53. The third-order valence-corrected chi connectivity index (χ3v) is 5.17. The van der Waals surface area contributed by atoms with Crippen LogP contribution in [0.5, 0.6) is 5.75 Å². The van der Waals surface area contributed by atoms with Gasteiger partial charge in [0, 0.05) is 6.42 Å². The van der Waals surface area contributed by atoms with Gasteiger partial charge in [0.05, 0.1) is 5.71 Å². The van der Waals surface area contributed by atoms with Crippen molar-refractivity contribution < 1.29 is 23.9 Å². The number of carbonyl (C=O) groups excluding carboxylic acids is 2. The maximum absolute atomic E-state index is 11.6. The number of oxime groups is 1. The van der Waals surface area contributed by atoms with Gasteiger partial charge in [-0.2, -0.15) is 0 Å². The first kappa shape index (κ1) is 22.1. The molecule has 1 aliphatic heterocycles. The second-order valence-electron chi connectivity index (χ2n) is 7.53. The minimum Gasteiger partial charge on any atom is -0.490 e. The molecule has 33 heavy (non-hydrogen) atoms. The van der Waals surface area contributed by atoms with Crippen molar-refractivity contribution in [1.29, 1.82) is 0 Å². The minimum absolute atomic E-state index is 0.305. The Morgan fingerprint density at radius 1 is 0.909 bits per heavy atom. The summed E-state index contributed by atoms with van der Waals surface area (Å²) in [6.07, 6.45) is -1.17. The normalized spacial score (nSPS) is 15.7. The van der Waals surface area contributed by atoms with E-state index in [1.165, 1.54) is 5.56 Å². The number of rotatable bonds is 9. The predicted octanol–water partition coefficient (Wildman–Crippen LogP) is 4.35. The summed E-state index contributed by atoms with van der Waals surface area (Å²) in [6.45, 7) is 2.55. The zero-order valence-corrected chi connectivity index (χ0v) is 18.2. The number of cyclic esters (lactones) is 1. The lowest BCUT2D eigenvalue weighted by atomic mass is 10.0. The van der Waals surface area contributed by atoms with Gasteiger partial charge in [-0.15, -0.1) is 0 Å². The summed E-state index contributed by atoms with van der Waals surface area (Å²) in [5, 5.41) is 6.29. The van der Waals surface area contributed by atoms with Gasteiger partial charge in [-0.1, -0.05) is 71.9 Å². The van der Waals surface area contributed by atoms with Crippen LogP contribution >= 0.6 is 0 Å². The molecule has 0 bridgehead atoms. The van der Waals surface area contributed by atoms with Crippen LogP contribution < -0.4 is 10.1 Å². The van der Waals surface area contributed by atoms with E-state index in [1.54, 1.807) is 12.1 Å². The van der Waals surface area contributed by atoms with Crippen molar-refractivity contribution in [2.45, 2.75) is 19.4 Å². The molecule has 1 N–H and O–H groups in total. The molecule has 1 aliphatic rings. The van der Waals surface area contributed by atoms with Crippen LogP contribution in [0.4, 0.5) is 4.79 Å². The third-order valence-electron chi connectivity index (χ3n) is 5.17. The van der Waals surface area contributed by atoms with E-state index in [9.17, 15) is 9.59 Å². The number of ether oxygens (including phenoxy) is 2. The molecular formula is C26H24N2O5. The third kappa shape index (κ3) is 5.98. The van der Waals surface area contributed by atoms with Gasteiger partial charge in [0.25, 0.3) is 5.91 Å². The van der Waals surface area contributed by atoms with Gasteiger partial charge in [0.2, 0.25) is 0 Å². The molecule has 3 aromatic carbocycles. The first-order valence-corrected chi connectivity index (χ1v) is 10.6. The Hall–Kier alpha value is -4.13. The van der Waals surface area contributed by atoms with E-state index in [4.69, 9.17) is 14.3 Å². The van der Waals surface area contributed by atoms with Crippen molar-refractivity contribution in [3.05, 3.63) is 90.0 Å². The number of hydrogen-bond donors (Lipinski definition) is 1. The molecule has 0 saturated carbocycles. The van der Waals surface area contributed by atoms with Crippen LogP contribution in [0.2, 0.25) is 0 Å². The molecule has 0 radical (unpaired) electrons. The van der Waals surface area contributed by atoms with Crippen molar-refractivity contribution in [3.8, 4) is 16.9 Å². The van der Waals surface area contributed by atoms with Crippen molar-refractivity contribution in [2.75, 3.05) is 13.2 Å². The summed E-state index contributed by atoms with van der Waals surface area (Å²) in [4.78, 5) is 28.0. The van der Waals surface area contributed by atoms with Crippen LogP contribution in [0.15, 0.2) is 84.0 Å². The molecule has 1 unspecified atom stereocenters. The number of nitrogens with one attached hydrogen (secondary N) is 1. The monoisotopic (exact) mass is 444 g/mol. The van der Waals surface area contributed by atoms with Crippen LogP contribution in [-0.4, -0.2) is 37.0 Å². The summed E-state index contributed by atoms with van der Waals surface area (Å²) in [5.74, 6) is 0.257. The summed E-state index contributed by atoms with van der Waals surface area (Å²) >= 11 is 0. The number of imide groups is 1. The van der Waals surface area contributed by atoms with E-state index in [-0.39, 0.29) is 0 Å². The number of alkyl carbamates (subject to hydrolysis) is 1. The average molecular weight is 444 g/mol. The standard InChI is InChI=1S/C26H24N2O5/c1-18(20-9-11-22(12-10-20)21-5-3-2-4-6-21)28-32-16-15-31-23-13-7-19(8-14-23)17-24-25(29)27-26(30)33-24/h2-14,24H,15-17H2,1H3,(H,27,29,30). The highest BCUT2D eigenvalue weighted by molar-refractivity contribution is 6.00. The maximum atomic E-state index is 11.6. The Morgan fingerprint density at radius 2 is 1.61 bits per heavy atom. The van der Waals surface area contributed by atoms with Crippen LogP contribution in [-0.2, 0) is 20.8 Å². The molecule has 1 fully saturated rings. The van der Waals surface area contributed by atoms with Crippen molar-refractivity contribution >= 4 is 17.7 Å². The van der Waals surface area contributed by atoms with Crippen LogP contribution in [0, 0.1) is 0 Å². The average Bonchev–Trinajstić information content (AvgIpc) is 3.16. The molecule has 7 heteroatoms. The molecular weight excluding hydrogens is 420 g/mol. The highest BCUT2D eigenvalue weighted by Gasteiger charge is 2.31. The number of nitrogens with zero attached hydrogens (tertiary/aromatic N) is 1. The molecule has 3 aromatic rings. The fourth-order valence-corrected chi connectivity index (χ4v) is 3.39. The molecule has 7 nitrogen and oxygen atoms in total. The van der Waals surface area contributed by atoms with E-state index in [0.717, 1.165) is 22.4 Å². The van der Waals surface area contributed by atoms with Gasteiger partial charge in [0.15, 0.2) is 12.7 Å². The Labute approximate surface area is 192 Å². The molecule has 1 saturated heterocycles. The largest absolute Gasteiger partial charge is 0.490 e.